The molecule has 9 rings (SSSR count). The fourth-order valence-corrected chi connectivity index (χ4v) is 9.06. The summed E-state index contributed by atoms with van der Waals surface area (Å²) < 4.78 is 147. The molecule has 326 valence electrons. The Hall–Kier alpha value is -6.42. The second-order valence-corrected chi connectivity index (χ2v) is 17.4. The molecule has 3 atom stereocenters. The van der Waals surface area contributed by atoms with Crippen LogP contribution in [0.15, 0.2) is 65.5 Å². The maximum absolute atomic E-state index is 15.5. The average molecular weight is 918 g/mol. The van der Waals surface area contributed by atoms with Crippen LogP contribution in [-0.4, -0.2) is 54.7 Å². The summed E-state index contributed by atoms with van der Waals surface area (Å²) in [6.45, 7) is -1.06. The number of hydrogen-bond donors (Lipinski definition) is 2. The lowest BCUT2D eigenvalue weighted by atomic mass is 10.0. The number of anilines is 1. The van der Waals surface area contributed by atoms with Crippen molar-refractivity contribution in [1.29, 1.82) is 0 Å². The fraction of sp³-hybridized carbons (Fsp3) is 0.250. The Morgan fingerprint density at radius 2 is 1.62 bits per heavy atom. The third-order valence-corrected chi connectivity index (χ3v) is 11.7. The van der Waals surface area contributed by atoms with E-state index in [0.29, 0.717) is 16.8 Å². The minimum absolute atomic E-state index is 0.00391. The Kier molecular flexibility index (Phi) is 9.88. The molecule has 3 aromatic carbocycles. The van der Waals surface area contributed by atoms with E-state index in [4.69, 9.17) is 11.6 Å². The van der Waals surface area contributed by atoms with Crippen LogP contribution in [0.5, 0.6) is 0 Å². The van der Waals surface area contributed by atoms with Crippen molar-refractivity contribution >= 4 is 55.3 Å². The maximum Gasteiger partial charge on any atom is 0.293 e. The van der Waals surface area contributed by atoms with Gasteiger partial charge >= 0.3 is 0 Å². The van der Waals surface area contributed by atoms with Crippen LogP contribution in [0, 0.1) is 29.2 Å². The lowest BCUT2D eigenvalue weighted by molar-refractivity contribution is -0.123. The highest BCUT2D eigenvalue weighted by Gasteiger charge is 2.67. The van der Waals surface area contributed by atoms with Gasteiger partial charge in [-0.15, -0.1) is 0 Å². The molecule has 0 saturated heterocycles. The van der Waals surface area contributed by atoms with Gasteiger partial charge in [0.05, 0.1) is 45.0 Å². The van der Waals surface area contributed by atoms with Crippen molar-refractivity contribution in [3.05, 3.63) is 128 Å². The monoisotopic (exact) mass is 917 g/mol. The van der Waals surface area contributed by atoms with E-state index in [-0.39, 0.29) is 67.3 Å². The summed E-state index contributed by atoms with van der Waals surface area (Å²) in [6, 6.07) is 8.45. The highest BCUT2D eigenvalue weighted by molar-refractivity contribution is 7.92. The zero-order chi connectivity index (χ0) is 45.0. The van der Waals surface area contributed by atoms with E-state index >= 15 is 8.78 Å². The van der Waals surface area contributed by atoms with Gasteiger partial charge in [0.25, 0.3) is 17.9 Å². The van der Waals surface area contributed by atoms with Crippen LogP contribution in [0.25, 0.3) is 38.9 Å². The van der Waals surface area contributed by atoms with E-state index in [2.05, 4.69) is 30.2 Å². The first kappa shape index (κ1) is 41.9. The number of carbonyl (C=O) groups excluding carboxylic acids is 1. The molecule has 4 heterocycles. The number of pyridine rings is 1. The highest BCUT2D eigenvalue weighted by Crippen LogP contribution is 2.68. The number of amides is 1. The van der Waals surface area contributed by atoms with Crippen LogP contribution in [0.1, 0.15) is 53.1 Å². The first-order valence-electron chi connectivity index (χ1n) is 18.7. The molecule has 7 aromatic rings. The Labute approximate surface area is 354 Å². The third-order valence-electron chi connectivity index (χ3n) is 10.8. The average Bonchev–Trinajstić information content (AvgIpc) is 3.72. The Morgan fingerprint density at radius 3 is 2.27 bits per heavy atom. The van der Waals surface area contributed by atoms with Gasteiger partial charge in [-0.05, 0) is 66.4 Å². The van der Waals surface area contributed by atoms with E-state index in [9.17, 15) is 44.3 Å². The number of hydrogen-bond acceptors (Lipinski definition) is 8. The van der Waals surface area contributed by atoms with Crippen molar-refractivity contribution in [3.8, 4) is 16.9 Å². The zero-order valence-electron chi connectivity index (χ0n) is 32.3. The Balaban J connectivity index is 1.26. The number of carbonyl (C=O) groups is 1. The zero-order valence-corrected chi connectivity index (χ0v) is 33.9. The highest BCUT2D eigenvalue weighted by atomic mass is 35.5. The van der Waals surface area contributed by atoms with Gasteiger partial charge in [0, 0.05) is 42.6 Å². The number of nitrogens with one attached hydrogen (secondary N) is 2. The van der Waals surface area contributed by atoms with Crippen molar-refractivity contribution in [2.75, 3.05) is 11.0 Å². The quantitative estimate of drug-likeness (QED) is 0.128. The van der Waals surface area contributed by atoms with Crippen LogP contribution in [0.2, 0.25) is 5.02 Å². The molecule has 2 N–H and O–H groups in total. The number of rotatable bonds is 11. The molecule has 0 radical (unpaired) electrons. The predicted octanol–water partition coefficient (Wildman–Crippen LogP) is 7.36. The summed E-state index contributed by atoms with van der Waals surface area (Å²) in [4.78, 5) is 38.0. The smallest absolute Gasteiger partial charge is 0.293 e. The molecule has 1 fully saturated rings. The number of benzene rings is 3. The Morgan fingerprint density at radius 1 is 0.952 bits per heavy atom. The summed E-state index contributed by atoms with van der Waals surface area (Å²) in [7, 11) is -2.57. The van der Waals surface area contributed by atoms with Crippen LogP contribution in [-0.2, 0) is 40.8 Å². The molecule has 2 aliphatic rings. The largest absolute Gasteiger partial charge is 0.344 e. The summed E-state index contributed by atoms with van der Waals surface area (Å²) in [5, 5.41) is 10.3. The molecule has 2 aliphatic carbocycles. The van der Waals surface area contributed by atoms with Gasteiger partial charge < -0.3 is 5.32 Å². The molecule has 0 spiro atoms. The summed E-state index contributed by atoms with van der Waals surface area (Å²) in [6.07, 6.45) is -3.00. The minimum atomic E-state index is -3.96. The van der Waals surface area contributed by atoms with E-state index in [1.54, 1.807) is 0 Å². The van der Waals surface area contributed by atoms with Gasteiger partial charge in [0.2, 0.25) is 15.9 Å². The second-order valence-electron chi connectivity index (χ2n) is 15.3. The molecular weight excluding hydrogens is 890 g/mol. The lowest BCUT2D eigenvalue weighted by Crippen LogP contribution is -2.38. The summed E-state index contributed by atoms with van der Waals surface area (Å²) in [5.41, 5.74) is -3.68. The first-order valence-corrected chi connectivity index (χ1v) is 21.0. The third kappa shape index (κ3) is 7.43. The van der Waals surface area contributed by atoms with E-state index in [1.807, 2.05) is 0 Å². The fourth-order valence-electron chi connectivity index (χ4n) is 8.32. The molecule has 1 saturated carbocycles. The molecule has 23 heteroatoms. The minimum Gasteiger partial charge on any atom is -0.344 e. The number of aromatic nitrogens is 7. The van der Waals surface area contributed by atoms with Crippen molar-refractivity contribution < 1.29 is 48.3 Å². The van der Waals surface area contributed by atoms with E-state index < -0.39 is 105 Å². The molecule has 0 bridgehead atoms. The maximum atomic E-state index is 15.5. The normalized spacial score (nSPS) is 17.0. The predicted molar refractivity (Wildman–Crippen MR) is 211 cm³/mol. The second kappa shape index (κ2) is 14.9. The lowest BCUT2D eigenvalue weighted by Gasteiger charge is -2.24. The van der Waals surface area contributed by atoms with Gasteiger partial charge in [-0.3, -0.25) is 28.2 Å². The topological polar surface area (TPSA) is 159 Å². The van der Waals surface area contributed by atoms with Crippen molar-refractivity contribution in [1.82, 2.24) is 39.4 Å². The first-order chi connectivity index (χ1) is 29.7. The van der Waals surface area contributed by atoms with Gasteiger partial charge in [0.1, 0.15) is 47.0 Å². The van der Waals surface area contributed by atoms with Crippen molar-refractivity contribution in [3.63, 3.8) is 0 Å². The van der Waals surface area contributed by atoms with Gasteiger partial charge in [-0.25, -0.2) is 44.7 Å². The molecule has 4 aromatic heterocycles. The number of alkyl halides is 4. The van der Waals surface area contributed by atoms with Crippen LogP contribution in [0.4, 0.5) is 40.9 Å². The molecule has 63 heavy (non-hydrogen) atoms. The van der Waals surface area contributed by atoms with Gasteiger partial charge in [-0.2, -0.15) is 19.0 Å². The number of halogens is 9. The number of fused-ring (bicyclic) bond motifs is 5. The van der Waals surface area contributed by atoms with Crippen molar-refractivity contribution in [2.24, 2.45) is 13.0 Å². The molecule has 0 aliphatic heterocycles. The number of aryl methyl sites for hydroxylation is 1. The van der Waals surface area contributed by atoms with Crippen LogP contribution < -0.4 is 15.6 Å². The SMILES string of the molecule is Cn1nc(NS(C)(=O)=O)c2c(Cl)ccc(-n3c([C@H](Cc4cc(F)cc(F)c4)NC(=O)Cn4nc(C(F)F)c5c4C(F)(F)[C@@H]4C[C@H]54)nc4nc(-c5cc(F)cc(F)c5)ccc4c3=O)c21. The standard InChI is InChI=1S/C40H28ClF8N9O4S/c1-56-33-28(6-4-25(41)31(33)37(54-56)55-63(2,61)62)58-38(52-36-22(39(58)60)3-5-26(51-36)17-10-20(44)13-21(45)11-17)27(9-16-7-18(42)12-19(43)8-16)50-29(59)15-57-34-30(32(53-57)35(46)47)23-14-24(23)40(34,48)49/h3-8,10-13,23-24,27,35H,9,14-15H2,1-2H3,(H,50,59)(H,54,55)/t23-,24+,27-/m0/s1. The molecule has 0 unspecified atom stereocenters. The van der Waals surface area contributed by atoms with Crippen LogP contribution >= 0.6 is 11.6 Å². The number of sulfonamides is 1. The van der Waals surface area contributed by atoms with E-state index in [1.165, 1.54) is 36.0 Å². The number of nitrogens with zero attached hydrogens (tertiary/aromatic N) is 7. The molecular formula is C40H28ClF8N9O4S. The Bertz CT molecular complexity index is 3230. The van der Waals surface area contributed by atoms with Crippen LogP contribution in [0.3, 0.4) is 0 Å². The summed E-state index contributed by atoms with van der Waals surface area (Å²) in [5.74, 6) is -11.5. The molecule has 13 nitrogen and oxygen atoms in total. The van der Waals surface area contributed by atoms with Gasteiger partial charge in [0.15, 0.2) is 11.5 Å². The van der Waals surface area contributed by atoms with Gasteiger partial charge in [-0.1, -0.05) is 11.6 Å². The summed E-state index contributed by atoms with van der Waals surface area (Å²) >= 11 is 6.58. The van der Waals surface area contributed by atoms with E-state index in [0.717, 1.165) is 35.1 Å². The van der Waals surface area contributed by atoms with Crippen molar-refractivity contribution in [2.45, 2.75) is 43.7 Å². The molecule has 1 amide bonds.